The lowest BCUT2D eigenvalue weighted by Crippen LogP contribution is -2.32. The van der Waals surface area contributed by atoms with Gasteiger partial charge < -0.3 is 15.6 Å². The van der Waals surface area contributed by atoms with Crippen LogP contribution in [-0.2, 0) is 15.3 Å². The number of hydrogen-bond acceptors (Lipinski definition) is 6. The van der Waals surface area contributed by atoms with Gasteiger partial charge >= 0.3 is 11.9 Å². The Kier molecular flexibility index (Phi) is 5.60. The van der Waals surface area contributed by atoms with Crippen LogP contribution in [0.4, 0.5) is 0 Å². The van der Waals surface area contributed by atoms with Gasteiger partial charge in [0.05, 0.1) is 12.8 Å². The van der Waals surface area contributed by atoms with Gasteiger partial charge in [0, 0.05) is 11.5 Å². The molecule has 0 saturated carbocycles. The summed E-state index contributed by atoms with van der Waals surface area (Å²) in [6, 6.07) is 4.12. The van der Waals surface area contributed by atoms with Gasteiger partial charge in [0.1, 0.15) is 11.7 Å². The quantitative estimate of drug-likeness (QED) is 0.726. The number of nitrogens with two attached hydrogens (primary N) is 1. The molecule has 0 fully saturated rings. The zero-order valence-corrected chi connectivity index (χ0v) is 10.6. The molecule has 1 heterocycles. The van der Waals surface area contributed by atoms with Crippen molar-refractivity contribution in [3.05, 3.63) is 29.6 Å². The van der Waals surface area contributed by atoms with Crippen molar-refractivity contribution in [3.8, 4) is 0 Å². The van der Waals surface area contributed by atoms with Crippen molar-refractivity contribution in [2.24, 2.45) is 5.73 Å². The number of methoxy groups -OCH3 is 1. The second kappa shape index (κ2) is 6.97. The van der Waals surface area contributed by atoms with Gasteiger partial charge in [0.2, 0.25) is 0 Å². The first-order chi connectivity index (χ1) is 8.54. The fourth-order valence-corrected chi connectivity index (χ4v) is 2.02. The Morgan fingerprint density at radius 1 is 1.56 bits per heavy atom. The number of thioether (sulfide) groups is 1. The first-order valence-electron chi connectivity index (χ1n) is 5.15. The first-order valence-corrected chi connectivity index (χ1v) is 6.30. The van der Waals surface area contributed by atoms with Crippen LogP contribution < -0.4 is 5.73 Å². The minimum atomic E-state index is -1.03. The molecule has 0 aliphatic rings. The van der Waals surface area contributed by atoms with E-state index in [0.717, 1.165) is 0 Å². The Morgan fingerprint density at radius 3 is 2.89 bits per heavy atom. The number of aromatic nitrogens is 1. The number of carbonyl (C=O) groups is 2. The molecule has 1 aromatic heterocycles. The summed E-state index contributed by atoms with van der Waals surface area (Å²) in [6.45, 7) is 0. The molecule has 6 nitrogen and oxygen atoms in total. The summed E-state index contributed by atoms with van der Waals surface area (Å²) in [4.78, 5) is 25.9. The smallest absolute Gasteiger partial charge is 0.356 e. The van der Waals surface area contributed by atoms with Crippen LogP contribution in [-0.4, -0.2) is 40.9 Å². The van der Waals surface area contributed by atoms with E-state index in [1.165, 1.54) is 18.9 Å². The zero-order valence-electron chi connectivity index (χ0n) is 9.83. The number of ether oxygens (including phenoxy) is 1. The van der Waals surface area contributed by atoms with E-state index >= 15 is 0 Å². The number of aliphatic carboxylic acids is 1. The zero-order chi connectivity index (χ0) is 13.5. The van der Waals surface area contributed by atoms with Crippen LogP contribution in [0.15, 0.2) is 18.2 Å². The highest BCUT2D eigenvalue weighted by Gasteiger charge is 2.12. The van der Waals surface area contributed by atoms with E-state index in [-0.39, 0.29) is 5.69 Å². The maximum absolute atomic E-state index is 11.2. The normalized spacial score (nSPS) is 11.9. The highest BCUT2D eigenvalue weighted by Crippen LogP contribution is 2.12. The van der Waals surface area contributed by atoms with Crippen LogP contribution >= 0.6 is 11.8 Å². The number of esters is 1. The van der Waals surface area contributed by atoms with Gasteiger partial charge in [-0.3, -0.25) is 4.79 Å². The Hall–Kier alpha value is -1.60. The molecule has 0 bridgehead atoms. The molecule has 0 saturated heterocycles. The van der Waals surface area contributed by atoms with Crippen molar-refractivity contribution < 1.29 is 19.4 Å². The lowest BCUT2D eigenvalue weighted by Gasteiger charge is -2.06. The largest absolute Gasteiger partial charge is 0.480 e. The van der Waals surface area contributed by atoms with Crippen LogP contribution in [0.5, 0.6) is 0 Å². The van der Waals surface area contributed by atoms with Crippen LogP contribution in [0.3, 0.4) is 0 Å². The van der Waals surface area contributed by atoms with E-state index in [1.54, 1.807) is 18.2 Å². The molecule has 1 rings (SSSR count). The number of hydrogen-bond donors (Lipinski definition) is 2. The third-order valence-corrected chi connectivity index (χ3v) is 3.16. The summed E-state index contributed by atoms with van der Waals surface area (Å²) in [5, 5.41) is 8.61. The van der Waals surface area contributed by atoms with E-state index < -0.39 is 18.0 Å². The predicted octanol–water partition coefficient (Wildman–Crippen LogP) is 0.513. The molecule has 0 aromatic carbocycles. The molecule has 98 valence electrons. The maximum Gasteiger partial charge on any atom is 0.356 e. The standard InChI is InChI=1S/C11H14N2O4S/c1-17-11(16)9-4-2-3-7(13-9)5-18-6-8(12)10(14)15/h2-4,8H,5-6,12H2,1H3,(H,14,15)/t8-/m1/s1. The van der Waals surface area contributed by atoms with Gasteiger partial charge in [-0.05, 0) is 12.1 Å². The average molecular weight is 270 g/mol. The number of pyridine rings is 1. The lowest BCUT2D eigenvalue weighted by molar-refractivity contribution is -0.137. The molecule has 0 unspecified atom stereocenters. The summed E-state index contributed by atoms with van der Waals surface area (Å²) in [6.07, 6.45) is 0. The van der Waals surface area contributed by atoms with E-state index in [0.29, 0.717) is 17.2 Å². The van der Waals surface area contributed by atoms with Crippen molar-refractivity contribution in [2.75, 3.05) is 12.9 Å². The van der Waals surface area contributed by atoms with Gasteiger partial charge in [-0.15, -0.1) is 0 Å². The summed E-state index contributed by atoms with van der Waals surface area (Å²) in [5.74, 6) is -0.742. The molecule has 0 amide bonds. The van der Waals surface area contributed by atoms with E-state index in [2.05, 4.69) is 9.72 Å². The monoisotopic (exact) mass is 270 g/mol. The Bertz CT molecular complexity index is 439. The van der Waals surface area contributed by atoms with E-state index in [1.807, 2.05) is 0 Å². The molecular formula is C11H14N2O4S. The number of rotatable bonds is 6. The fourth-order valence-electron chi connectivity index (χ4n) is 1.14. The molecule has 1 aromatic rings. The third kappa shape index (κ3) is 4.34. The number of carboxylic acid groups (broad SMARTS) is 1. The van der Waals surface area contributed by atoms with E-state index in [4.69, 9.17) is 10.8 Å². The van der Waals surface area contributed by atoms with Crippen molar-refractivity contribution in [1.29, 1.82) is 0 Å². The van der Waals surface area contributed by atoms with Crippen molar-refractivity contribution in [1.82, 2.24) is 4.98 Å². The third-order valence-electron chi connectivity index (χ3n) is 2.07. The SMILES string of the molecule is COC(=O)c1cccc(CSC[C@@H](N)C(=O)O)n1. The lowest BCUT2D eigenvalue weighted by atomic mass is 10.3. The Morgan fingerprint density at radius 2 is 2.28 bits per heavy atom. The summed E-state index contributed by atoms with van der Waals surface area (Å²) in [7, 11) is 1.29. The van der Waals surface area contributed by atoms with Gasteiger partial charge in [-0.2, -0.15) is 11.8 Å². The van der Waals surface area contributed by atoms with Crippen LogP contribution in [0.1, 0.15) is 16.2 Å². The second-order valence-electron chi connectivity index (χ2n) is 3.47. The highest BCUT2D eigenvalue weighted by molar-refractivity contribution is 7.98. The average Bonchev–Trinajstić information content (AvgIpc) is 2.37. The van der Waals surface area contributed by atoms with Gasteiger partial charge in [0.25, 0.3) is 0 Å². The van der Waals surface area contributed by atoms with Crippen LogP contribution in [0, 0.1) is 0 Å². The molecule has 7 heteroatoms. The van der Waals surface area contributed by atoms with Crippen molar-refractivity contribution >= 4 is 23.7 Å². The first kappa shape index (κ1) is 14.5. The molecule has 0 aliphatic heterocycles. The number of carbonyl (C=O) groups excluding carboxylic acids is 1. The topological polar surface area (TPSA) is 103 Å². The minimum Gasteiger partial charge on any atom is -0.480 e. The summed E-state index contributed by atoms with van der Waals surface area (Å²) >= 11 is 1.35. The molecule has 0 radical (unpaired) electrons. The number of nitrogens with zero attached hydrogens (tertiary/aromatic N) is 1. The minimum absolute atomic E-state index is 0.234. The fraction of sp³-hybridized carbons (Fsp3) is 0.364. The summed E-state index contributed by atoms with van der Waals surface area (Å²) in [5.41, 5.74) is 6.28. The molecular weight excluding hydrogens is 256 g/mol. The predicted molar refractivity (Wildman–Crippen MR) is 67.3 cm³/mol. The molecule has 0 aliphatic carbocycles. The summed E-state index contributed by atoms with van der Waals surface area (Å²) < 4.78 is 4.56. The molecule has 18 heavy (non-hydrogen) atoms. The van der Waals surface area contributed by atoms with Gasteiger partial charge in [-0.25, -0.2) is 9.78 Å². The van der Waals surface area contributed by atoms with Gasteiger partial charge in [-0.1, -0.05) is 6.07 Å². The molecule has 3 N–H and O–H groups in total. The Labute approximate surface area is 109 Å². The van der Waals surface area contributed by atoms with Gasteiger partial charge in [0.15, 0.2) is 0 Å². The maximum atomic E-state index is 11.2. The molecule has 0 spiro atoms. The van der Waals surface area contributed by atoms with E-state index in [9.17, 15) is 9.59 Å². The van der Waals surface area contributed by atoms with Crippen LogP contribution in [0.2, 0.25) is 0 Å². The van der Waals surface area contributed by atoms with Crippen molar-refractivity contribution in [3.63, 3.8) is 0 Å². The second-order valence-corrected chi connectivity index (χ2v) is 4.50. The highest BCUT2D eigenvalue weighted by atomic mass is 32.2. The van der Waals surface area contributed by atoms with Crippen molar-refractivity contribution in [2.45, 2.75) is 11.8 Å². The Balaban J connectivity index is 2.53. The number of carboxylic acids is 1. The molecule has 1 atom stereocenters. The van der Waals surface area contributed by atoms with Crippen LogP contribution in [0.25, 0.3) is 0 Å².